The van der Waals surface area contributed by atoms with E-state index in [0.717, 1.165) is 5.52 Å². The Kier molecular flexibility index (Phi) is 5.57. The molecule has 0 radical (unpaired) electrons. The Morgan fingerprint density at radius 3 is 2.55 bits per heavy atom. The maximum Gasteiger partial charge on any atom is 0.295 e. The molecule has 0 saturated carbocycles. The Labute approximate surface area is 167 Å². The molecule has 1 saturated heterocycles. The van der Waals surface area contributed by atoms with E-state index in [1.807, 2.05) is 28.8 Å². The fraction of sp³-hybridized carbons (Fsp3) is 0.273. The van der Waals surface area contributed by atoms with Crippen molar-refractivity contribution in [2.75, 3.05) is 32.9 Å². The van der Waals surface area contributed by atoms with E-state index in [1.165, 1.54) is 11.0 Å². The molecule has 0 N–H and O–H groups in total. The highest BCUT2D eigenvalue weighted by Gasteiger charge is 2.27. The number of ketones is 1. The normalized spacial score (nSPS) is 14.2. The SMILES string of the molecule is O=C(C(=O)N1CCOCC1)c1cn(CCOc2ccccc2F)c2ccccc12. The standard InChI is InChI=1S/C22H21FN2O4/c23-18-6-2-4-8-20(18)29-14-11-25-15-17(16-5-1-3-7-19(16)25)21(26)22(27)24-9-12-28-13-10-24/h1-8,15H,9-14H2. The summed E-state index contributed by atoms with van der Waals surface area (Å²) in [5.74, 6) is -1.28. The lowest BCUT2D eigenvalue weighted by Crippen LogP contribution is -2.44. The molecule has 0 aliphatic carbocycles. The van der Waals surface area contributed by atoms with Gasteiger partial charge in [-0.1, -0.05) is 30.3 Å². The molecule has 0 atom stereocenters. The number of morpholine rings is 1. The van der Waals surface area contributed by atoms with E-state index in [-0.39, 0.29) is 12.4 Å². The van der Waals surface area contributed by atoms with Crippen molar-refractivity contribution in [1.29, 1.82) is 0 Å². The fourth-order valence-electron chi connectivity index (χ4n) is 3.45. The average Bonchev–Trinajstić information content (AvgIpc) is 3.13. The fourth-order valence-corrected chi connectivity index (χ4v) is 3.45. The Bertz CT molecular complexity index is 1040. The molecule has 29 heavy (non-hydrogen) atoms. The number of nitrogens with zero attached hydrogens (tertiary/aromatic N) is 2. The number of carbonyl (C=O) groups is 2. The van der Waals surface area contributed by atoms with Crippen molar-refractivity contribution < 1.29 is 23.5 Å². The molecule has 1 amide bonds. The number of para-hydroxylation sites is 2. The van der Waals surface area contributed by atoms with Crippen LogP contribution in [0.25, 0.3) is 10.9 Å². The molecule has 1 aliphatic rings. The summed E-state index contributed by atoms with van der Waals surface area (Å²) >= 11 is 0. The van der Waals surface area contributed by atoms with Gasteiger partial charge in [-0.05, 0) is 18.2 Å². The molecule has 1 aliphatic heterocycles. The number of carbonyl (C=O) groups excluding carboxylic acids is 2. The number of hydrogen-bond acceptors (Lipinski definition) is 4. The molecule has 150 valence electrons. The van der Waals surface area contributed by atoms with E-state index < -0.39 is 17.5 Å². The van der Waals surface area contributed by atoms with Crippen LogP contribution in [-0.4, -0.2) is 54.1 Å². The second-order valence-corrected chi connectivity index (χ2v) is 6.77. The molecule has 0 bridgehead atoms. The largest absolute Gasteiger partial charge is 0.489 e. The molecule has 2 heterocycles. The van der Waals surface area contributed by atoms with E-state index in [1.54, 1.807) is 24.4 Å². The van der Waals surface area contributed by atoms with Crippen LogP contribution in [0.4, 0.5) is 4.39 Å². The first-order chi connectivity index (χ1) is 14.1. The summed E-state index contributed by atoms with van der Waals surface area (Å²) in [5.41, 5.74) is 1.19. The summed E-state index contributed by atoms with van der Waals surface area (Å²) in [6.45, 7) is 2.35. The predicted octanol–water partition coefficient (Wildman–Crippen LogP) is 2.90. The van der Waals surface area contributed by atoms with Crippen molar-refractivity contribution in [1.82, 2.24) is 9.47 Å². The molecule has 6 nitrogen and oxygen atoms in total. The van der Waals surface area contributed by atoms with Crippen LogP contribution in [0.15, 0.2) is 54.7 Å². The van der Waals surface area contributed by atoms with Crippen molar-refractivity contribution in [3.8, 4) is 5.75 Å². The lowest BCUT2D eigenvalue weighted by molar-refractivity contribution is -0.130. The number of aromatic nitrogens is 1. The van der Waals surface area contributed by atoms with Crippen LogP contribution in [0.5, 0.6) is 5.75 Å². The number of hydrogen-bond donors (Lipinski definition) is 0. The van der Waals surface area contributed by atoms with Crippen LogP contribution in [-0.2, 0) is 16.1 Å². The van der Waals surface area contributed by atoms with Crippen LogP contribution < -0.4 is 4.74 Å². The van der Waals surface area contributed by atoms with Gasteiger partial charge >= 0.3 is 0 Å². The van der Waals surface area contributed by atoms with Crippen LogP contribution in [0, 0.1) is 5.82 Å². The molecule has 1 fully saturated rings. The van der Waals surface area contributed by atoms with Gasteiger partial charge in [0.2, 0.25) is 0 Å². The third-order valence-electron chi connectivity index (χ3n) is 4.95. The zero-order valence-electron chi connectivity index (χ0n) is 15.8. The maximum absolute atomic E-state index is 13.7. The van der Waals surface area contributed by atoms with E-state index in [2.05, 4.69) is 0 Å². The van der Waals surface area contributed by atoms with Gasteiger partial charge in [0.25, 0.3) is 11.7 Å². The number of fused-ring (bicyclic) bond motifs is 1. The van der Waals surface area contributed by atoms with Gasteiger partial charge in [-0.15, -0.1) is 0 Å². The highest BCUT2D eigenvalue weighted by molar-refractivity contribution is 6.44. The van der Waals surface area contributed by atoms with Gasteiger partial charge in [-0.2, -0.15) is 0 Å². The summed E-state index contributed by atoms with van der Waals surface area (Å²) in [7, 11) is 0. The van der Waals surface area contributed by atoms with Gasteiger partial charge in [0.1, 0.15) is 6.61 Å². The minimum absolute atomic E-state index is 0.183. The van der Waals surface area contributed by atoms with Gasteiger partial charge < -0.3 is 18.9 Å². The van der Waals surface area contributed by atoms with E-state index in [9.17, 15) is 14.0 Å². The molecule has 0 unspecified atom stereocenters. The van der Waals surface area contributed by atoms with E-state index >= 15 is 0 Å². The zero-order chi connectivity index (χ0) is 20.2. The highest BCUT2D eigenvalue weighted by atomic mass is 19.1. The summed E-state index contributed by atoms with van der Waals surface area (Å²) in [5, 5.41) is 0.713. The first-order valence-electron chi connectivity index (χ1n) is 9.51. The molecule has 0 spiro atoms. The average molecular weight is 396 g/mol. The summed E-state index contributed by atoms with van der Waals surface area (Å²) in [6.07, 6.45) is 1.68. The first-order valence-corrected chi connectivity index (χ1v) is 9.51. The number of amides is 1. The summed E-state index contributed by atoms with van der Waals surface area (Å²) < 4.78 is 26.4. The molecule has 2 aromatic carbocycles. The third-order valence-corrected chi connectivity index (χ3v) is 4.95. The van der Waals surface area contributed by atoms with Crippen molar-refractivity contribution in [2.24, 2.45) is 0 Å². The predicted molar refractivity (Wildman–Crippen MR) is 106 cm³/mol. The maximum atomic E-state index is 13.7. The van der Waals surface area contributed by atoms with Crippen LogP contribution in [0.3, 0.4) is 0 Å². The minimum atomic E-state index is -0.531. The summed E-state index contributed by atoms with van der Waals surface area (Å²) in [6, 6.07) is 13.6. The quantitative estimate of drug-likeness (QED) is 0.475. The topological polar surface area (TPSA) is 60.8 Å². The van der Waals surface area contributed by atoms with Crippen molar-refractivity contribution in [2.45, 2.75) is 6.54 Å². The van der Waals surface area contributed by atoms with Crippen molar-refractivity contribution in [3.05, 3.63) is 66.1 Å². The second kappa shape index (κ2) is 8.45. The Balaban J connectivity index is 1.54. The van der Waals surface area contributed by atoms with Crippen LogP contribution >= 0.6 is 0 Å². The number of halogens is 1. The molecular weight excluding hydrogens is 375 g/mol. The van der Waals surface area contributed by atoms with Gasteiger partial charge in [0, 0.05) is 30.2 Å². The Hall–Kier alpha value is -3.19. The van der Waals surface area contributed by atoms with Gasteiger partial charge in [0.05, 0.1) is 25.3 Å². The highest BCUT2D eigenvalue weighted by Crippen LogP contribution is 2.23. The Morgan fingerprint density at radius 2 is 1.76 bits per heavy atom. The third kappa shape index (κ3) is 4.00. The van der Waals surface area contributed by atoms with Crippen molar-refractivity contribution in [3.63, 3.8) is 0 Å². The molecule has 4 rings (SSSR count). The zero-order valence-corrected chi connectivity index (χ0v) is 15.8. The number of ether oxygens (including phenoxy) is 2. The van der Waals surface area contributed by atoms with Gasteiger partial charge in [-0.25, -0.2) is 4.39 Å². The smallest absolute Gasteiger partial charge is 0.295 e. The minimum Gasteiger partial charge on any atom is -0.489 e. The number of benzene rings is 2. The summed E-state index contributed by atoms with van der Waals surface area (Å²) in [4.78, 5) is 27.0. The number of rotatable bonds is 6. The molecule has 3 aromatic rings. The van der Waals surface area contributed by atoms with Gasteiger partial charge in [0.15, 0.2) is 11.6 Å². The number of Topliss-reactive ketones (excluding diaryl/α,β-unsaturated/α-hetero) is 1. The second-order valence-electron chi connectivity index (χ2n) is 6.77. The Morgan fingerprint density at radius 1 is 1.03 bits per heavy atom. The van der Waals surface area contributed by atoms with E-state index in [4.69, 9.17) is 9.47 Å². The molecular formula is C22H21FN2O4. The molecule has 1 aromatic heterocycles. The van der Waals surface area contributed by atoms with Crippen LogP contribution in [0.1, 0.15) is 10.4 Å². The van der Waals surface area contributed by atoms with Gasteiger partial charge in [-0.3, -0.25) is 9.59 Å². The molecule has 7 heteroatoms. The van der Waals surface area contributed by atoms with Crippen molar-refractivity contribution >= 4 is 22.6 Å². The lowest BCUT2D eigenvalue weighted by atomic mass is 10.1. The first kappa shape index (κ1) is 19.1. The lowest BCUT2D eigenvalue weighted by Gasteiger charge is -2.25. The van der Waals surface area contributed by atoms with Crippen LogP contribution in [0.2, 0.25) is 0 Å². The monoisotopic (exact) mass is 396 g/mol. The van der Waals surface area contributed by atoms with E-state index in [0.29, 0.717) is 43.8 Å².